The van der Waals surface area contributed by atoms with Crippen LogP contribution in [0.25, 0.3) is 0 Å². The van der Waals surface area contributed by atoms with Crippen LogP contribution in [0.1, 0.15) is 29.8 Å². The Balaban J connectivity index is 2.42. The Bertz CT molecular complexity index is 640. The van der Waals surface area contributed by atoms with Gasteiger partial charge >= 0.3 is 6.18 Å². The van der Waals surface area contributed by atoms with E-state index in [9.17, 15) is 18.0 Å². The fraction of sp³-hybridized carbons (Fsp3) is 0.308. The summed E-state index contributed by atoms with van der Waals surface area (Å²) in [6.45, 7) is 3.39. The van der Waals surface area contributed by atoms with E-state index in [0.717, 1.165) is 12.1 Å². The first-order valence-corrected chi connectivity index (χ1v) is 5.74. The molecule has 1 unspecified atom stereocenters. The fourth-order valence-corrected chi connectivity index (χ4v) is 1.94. The van der Waals surface area contributed by atoms with Crippen molar-refractivity contribution in [3.8, 4) is 0 Å². The molecule has 6 heteroatoms. The molecule has 0 saturated heterocycles. The topological polar surface area (TPSA) is 37.8 Å². The van der Waals surface area contributed by atoms with Crippen LogP contribution in [0.4, 0.5) is 13.2 Å². The Morgan fingerprint density at radius 2 is 1.95 bits per heavy atom. The Morgan fingerprint density at radius 3 is 2.47 bits per heavy atom. The van der Waals surface area contributed by atoms with Gasteiger partial charge < -0.3 is 0 Å². The summed E-state index contributed by atoms with van der Waals surface area (Å²) in [7, 11) is 0. The van der Waals surface area contributed by atoms with Crippen molar-refractivity contribution in [2.24, 2.45) is 0 Å². The van der Waals surface area contributed by atoms with Gasteiger partial charge in [0.1, 0.15) is 0 Å². The number of H-pyrrole nitrogens is 1. The van der Waals surface area contributed by atoms with Crippen molar-refractivity contribution in [3.63, 3.8) is 0 Å². The fourth-order valence-electron chi connectivity index (χ4n) is 1.94. The number of aryl methyl sites for hydroxylation is 1. The summed E-state index contributed by atoms with van der Waals surface area (Å²) in [5.41, 5.74) is 0.123. The van der Waals surface area contributed by atoms with Crippen LogP contribution in [-0.2, 0) is 6.18 Å². The van der Waals surface area contributed by atoms with Gasteiger partial charge in [-0.25, -0.2) is 4.68 Å². The lowest BCUT2D eigenvalue weighted by Crippen LogP contribution is -2.21. The largest absolute Gasteiger partial charge is 0.416 e. The summed E-state index contributed by atoms with van der Waals surface area (Å²) < 4.78 is 39.2. The molecule has 0 aliphatic rings. The van der Waals surface area contributed by atoms with Crippen LogP contribution in [0.2, 0.25) is 0 Å². The molecule has 1 aromatic heterocycles. The minimum atomic E-state index is -4.38. The summed E-state index contributed by atoms with van der Waals surface area (Å²) in [6, 6.07) is 5.91. The van der Waals surface area contributed by atoms with Crippen molar-refractivity contribution in [2.45, 2.75) is 26.1 Å². The van der Waals surface area contributed by atoms with Crippen LogP contribution >= 0.6 is 0 Å². The minimum Gasteiger partial charge on any atom is -0.299 e. The van der Waals surface area contributed by atoms with Gasteiger partial charge in [0.2, 0.25) is 0 Å². The number of aromatic amines is 1. The quantitative estimate of drug-likeness (QED) is 0.894. The molecule has 0 fully saturated rings. The lowest BCUT2D eigenvalue weighted by atomic mass is 10.1. The standard InChI is InChI=1S/C13H13F3N2O/c1-8-6-12(19)18(17-8)9(2)10-4-3-5-11(7-10)13(14,15)16/h3-7,9,17H,1-2H3. The van der Waals surface area contributed by atoms with E-state index in [-0.39, 0.29) is 5.56 Å². The van der Waals surface area contributed by atoms with Gasteiger partial charge in [-0.1, -0.05) is 12.1 Å². The van der Waals surface area contributed by atoms with E-state index in [1.165, 1.54) is 16.8 Å². The van der Waals surface area contributed by atoms with Gasteiger partial charge in [-0.3, -0.25) is 9.89 Å². The van der Waals surface area contributed by atoms with Crippen molar-refractivity contribution < 1.29 is 13.2 Å². The van der Waals surface area contributed by atoms with E-state index in [2.05, 4.69) is 5.10 Å². The summed E-state index contributed by atoms with van der Waals surface area (Å²) in [5.74, 6) is 0. The number of alkyl halides is 3. The zero-order valence-corrected chi connectivity index (χ0v) is 10.5. The molecule has 1 aromatic carbocycles. The Hall–Kier alpha value is -1.98. The van der Waals surface area contributed by atoms with E-state index in [1.807, 2.05) is 0 Å². The molecule has 3 nitrogen and oxygen atoms in total. The number of benzene rings is 1. The molecule has 2 aromatic rings. The third kappa shape index (κ3) is 2.72. The molecule has 1 atom stereocenters. The van der Waals surface area contributed by atoms with Crippen LogP contribution in [0.15, 0.2) is 35.1 Å². The van der Waals surface area contributed by atoms with Crippen LogP contribution < -0.4 is 5.56 Å². The minimum absolute atomic E-state index is 0.262. The Kier molecular flexibility index (Phi) is 3.26. The van der Waals surface area contributed by atoms with E-state index in [1.54, 1.807) is 19.9 Å². The van der Waals surface area contributed by atoms with Crippen LogP contribution in [0.3, 0.4) is 0 Å². The van der Waals surface area contributed by atoms with Crippen molar-refractivity contribution in [1.29, 1.82) is 0 Å². The highest BCUT2D eigenvalue weighted by Gasteiger charge is 2.30. The molecule has 0 bridgehead atoms. The van der Waals surface area contributed by atoms with Crippen molar-refractivity contribution in [1.82, 2.24) is 9.78 Å². The normalized spacial score (nSPS) is 13.5. The van der Waals surface area contributed by atoms with Gasteiger partial charge in [-0.2, -0.15) is 13.2 Å². The molecular formula is C13H13F3N2O. The van der Waals surface area contributed by atoms with E-state index in [4.69, 9.17) is 0 Å². The molecule has 1 N–H and O–H groups in total. The predicted octanol–water partition coefficient (Wildman–Crippen LogP) is 3.11. The first-order valence-electron chi connectivity index (χ1n) is 5.74. The molecule has 0 radical (unpaired) electrons. The molecule has 0 aliphatic heterocycles. The van der Waals surface area contributed by atoms with Crippen LogP contribution in [0, 0.1) is 6.92 Å². The third-order valence-corrected chi connectivity index (χ3v) is 2.96. The molecule has 2 rings (SSSR count). The van der Waals surface area contributed by atoms with Crippen LogP contribution in [-0.4, -0.2) is 9.78 Å². The van der Waals surface area contributed by atoms with Crippen molar-refractivity contribution in [3.05, 3.63) is 57.5 Å². The number of hydrogen-bond acceptors (Lipinski definition) is 1. The lowest BCUT2D eigenvalue weighted by Gasteiger charge is -2.15. The molecule has 0 amide bonds. The number of nitrogens with zero attached hydrogens (tertiary/aromatic N) is 1. The van der Waals surface area contributed by atoms with Gasteiger partial charge in [-0.15, -0.1) is 0 Å². The average Bonchev–Trinajstić information content (AvgIpc) is 2.66. The van der Waals surface area contributed by atoms with Crippen molar-refractivity contribution >= 4 is 0 Å². The summed E-state index contributed by atoms with van der Waals surface area (Å²) >= 11 is 0. The Morgan fingerprint density at radius 1 is 1.26 bits per heavy atom. The highest BCUT2D eigenvalue weighted by molar-refractivity contribution is 5.28. The zero-order valence-electron chi connectivity index (χ0n) is 10.5. The second kappa shape index (κ2) is 4.60. The maximum Gasteiger partial charge on any atom is 0.416 e. The molecule has 0 aliphatic carbocycles. The predicted molar refractivity (Wildman–Crippen MR) is 65.0 cm³/mol. The van der Waals surface area contributed by atoms with Crippen molar-refractivity contribution in [2.75, 3.05) is 0 Å². The summed E-state index contributed by atoms with van der Waals surface area (Å²) in [6.07, 6.45) is -4.38. The Labute approximate surface area is 107 Å². The number of halogens is 3. The number of aromatic nitrogens is 2. The van der Waals surface area contributed by atoms with Crippen LogP contribution in [0.5, 0.6) is 0 Å². The highest BCUT2D eigenvalue weighted by Crippen LogP contribution is 2.31. The lowest BCUT2D eigenvalue weighted by molar-refractivity contribution is -0.137. The molecule has 19 heavy (non-hydrogen) atoms. The van der Waals surface area contributed by atoms with Gasteiger partial charge in [0.15, 0.2) is 0 Å². The highest BCUT2D eigenvalue weighted by atomic mass is 19.4. The smallest absolute Gasteiger partial charge is 0.299 e. The molecule has 0 saturated carbocycles. The van der Waals surface area contributed by atoms with Gasteiger partial charge in [0.05, 0.1) is 11.6 Å². The SMILES string of the molecule is Cc1cc(=O)n(C(C)c2cccc(C(F)(F)F)c2)[nH]1. The molecular weight excluding hydrogens is 257 g/mol. The maximum absolute atomic E-state index is 12.6. The van der Waals surface area contributed by atoms with Gasteiger partial charge in [-0.05, 0) is 31.5 Å². The maximum atomic E-state index is 12.6. The van der Waals surface area contributed by atoms with E-state index < -0.39 is 17.8 Å². The molecule has 0 spiro atoms. The molecule has 102 valence electrons. The van der Waals surface area contributed by atoms with Gasteiger partial charge in [0.25, 0.3) is 5.56 Å². The summed E-state index contributed by atoms with van der Waals surface area (Å²) in [5, 5.41) is 2.82. The second-order valence-corrected chi connectivity index (χ2v) is 4.45. The molecule has 1 heterocycles. The number of hydrogen-bond donors (Lipinski definition) is 1. The second-order valence-electron chi connectivity index (χ2n) is 4.45. The number of nitrogens with one attached hydrogen (secondary N) is 1. The van der Waals surface area contributed by atoms with Gasteiger partial charge in [0, 0.05) is 11.8 Å². The first-order chi connectivity index (χ1) is 8.79. The van der Waals surface area contributed by atoms with E-state index >= 15 is 0 Å². The monoisotopic (exact) mass is 270 g/mol. The first kappa shape index (κ1) is 13.5. The summed E-state index contributed by atoms with van der Waals surface area (Å²) in [4.78, 5) is 11.6. The third-order valence-electron chi connectivity index (χ3n) is 2.96. The van der Waals surface area contributed by atoms with E-state index in [0.29, 0.717) is 11.3 Å². The zero-order chi connectivity index (χ0) is 14.2. The number of rotatable bonds is 2. The average molecular weight is 270 g/mol.